The standard InChI is InChI=1S/C89H134O17P2/c1-5-9-13-17-21-25-29-33-37-40-41-44-47-50-54-58-62-66-70-74-87(92)100-79-84(105-88(93)75-71-67-63-59-55-51-45-36-32-28-24-20-16-12-8-4)81-103-107(95,96)101-77-83(90)78-102-108(97,98)104-82-85(106-89(94)76-72-68-64-60-56-52-48-43-39-35-31-27-23-19-15-11-7-3)80-99-86(91)73-69-65-61-57-53-49-46-42-38-34-30-26-22-18-14-10-6-2/h9-16,21-28,33-39,41,44-46,48-50,52,54-55,57,59-61,64,67,71,83-85,90H,5-8,17-20,29-32,40,42-43,47,51,53,56,58,62-63,65-66,68-70,72-82H2,1-4H3,(H,95,96)(H,97,98)/b13-9-,14-10-,15-11-,16-12-,25-21-,26-22-,27-23-,28-24-,37-33-,38-34-,39-35-,44-41-,45-36-,49-46-,52-48-,54-50-,59-55-,61-57-,64-60-,71-67-. The number of phosphoric acid groups is 2. The fourth-order valence-corrected chi connectivity index (χ4v) is 10.6. The van der Waals surface area contributed by atoms with Gasteiger partial charge < -0.3 is 33.8 Å². The van der Waals surface area contributed by atoms with Crippen molar-refractivity contribution in [2.45, 2.75) is 251 Å². The third-order valence-electron chi connectivity index (χ3n) is 14.8. The van der Waals surface area contributed by atoms with Crippen LogP contribution < -0.4 is 0 Å². The van der Waals surface area contributed by atoms with Gasteiger partial charge in [-0.05, 0) is 173 Å². The van der Waals surface area contributed by atoms with E-state index in [0.29, 0.717) is 38.5 Å². The molecule has 0 heterocycles. The summed E-state index contributed by atoms with van der Waals surface area (Å²) in [4.78, 5) is 72.9. The van der Waals surface area contributed by atoms with Gasteiger partial charge in [0.05, 0.1) is 32.8 Å². The Balaban J connectivity index is 5.61. The molecule has 0 fully saturated rings. The molecular formula is C89H134O17P2. The highest BCUT2D eigenvalue weighted by Crippen LogP contribution is 2.45. The zero-order chi connectivity index (χ0) is 78.9. The zero-order valence-electron chi connectivity index (χ0n) is 65.6. The Hall–Kier alpha value is -7.14. The number of allylic oxidation sites excluding steroid dienone is 39. The van der Waals surface area contributed by atoms with Crippen LogP contribution in [0.3, 0.4) is 0 Å². The van der Waals surface area contributed by atoms with E-state index in [1.807, 2.05) is 36.5 Å². The van der Waals surface area contributed by atoms with Crippen LogP contribution in [0, 0.1) is 0 Å². The van der Waals surface area contributed by atoms with E-state index < -0.39 is 97.5 Å². The SMILES string of the molecule is CC/C=C\C/C=C\C/C=C\C/C=C\C/C=C\CCCCCC(=O)OCC(COP(=O)(O)OCC(O)COP(=O)(O)OCC(COC(=O)CCC/C=C\C/C=C\C/C=C\C/C=C\C/C=C\CC)OC(=O)CCC/C=C\C/C=C\C/C=C\C/C=C\C/C=C\CC)OC(=O)C/C=C\C/C=C\C/C=C\C/C=C\C/C=C\CC. The Labute approximate surface area is 650 Å². The summed E-state index contributed by atoms with van der Waals surface area (Å²) < 4.78 is 68.3. The molecule has 108 heavy (non-hydrogen) atoms. The van der Waals surface area contributed by atoms with Gasteiger partial charge in [0.1, 0.15) is 19.3 Å². The minimum Gasteiger partial charge on any atom is -0.462 e. The number of aliphatic hydroxyl groups is 1. The molecule has 5 atom stereocenters. The van der Waals surface area contributed by atoms with Crippen LogP contribution in [0.5, 0.6) is 0 Å². The predicted octanol–water partition coefficient (Wildman–Crippen LogP) is 23.2. The number of aliphatic hydroxyl groups excluding tert-OH is 1. The molecule has 0 amide bonds. The second-order valence-electron chi connectivity index (χ2n) is 24.8. The van der Waals surface area contributed by atoms with Gasteiger partial charge in [-0.15, -0.1) is 0 Å². The lowest BCUT2D eigenvalue weighted by atomic mass is 10.1. The van der Waals surface area contributed by atoms with Gasteiger partial charge in [0.2, 0.25) is 0 Å². The fourth-order valence-electron chi connectivity index (χ4n) is 9.04. The Morgan fingerprint density at radius 1 is 0.269 bits per heavy atom. The van der Waals surface area contributed by atoms with Crippen molar-refractivity contribution in [3.63, 3.8) is 0 Å². The molecule has 0 saturated heterocycles. The maximum atomic E-state index is 13.1. The lowest BCUT2D eigenvalue weighted by molar-refractivity contribution is -0.161. The highest BCUT2D eigenvalue weighted by atomic mass is 31.2. The van der Waals surface area contributed by atoms with Gasteiger partial charge in [0.25, 0.3) is 0 Å². The summed E-state index contributed by atoms with van der Waals surface area (Å²) in [5.74, 6) is -2.54. The minimum atomic E-state index is -5.03. The molecule has 0 aliphatic carbocycles. The summed E-state index contributed by atoms with van der Waals surface area (Å²) in [6.07, 6.45) is 102. The van der Waals surface area contributed by atoms with E-state index in [9.17, 15) is 43.2 Å². The normalized spacial score (nSPS) is 15.1. The molecule has 5 unspecified atom stereocenters. The zero-order valence-corrected chi connectivity index (χ0v) is 67.4. The number of esters is 4. The topological polar surface area (TPSA) is 237 Å². The second kappa shape index (κ2) is 78.0. The molecule has 3 N–H and O–H groups in total. The number of unbranched alkanes of at least 4 members (excludes halogenated alkanes) is 5. The lowest BCUT2D eigenvalue weighted by Crippen LogP contribution is -2.30. The van der Waals surface area contributed by atoms with E-state index in [-0.39, 0.29) is 25.7 Å². The van der Waals surface area contributed by atoms with Crippen molar-refractivity contribution in [1.82, 2.24) is 0 Å². The van der Waals surface area contributed by atoms with E-state index in [1.165, 1.54) is 0 Å². The Kier molecular flexibility index (Phi) is 72.8. The molecular weight excluding hydrogens is 1400 g/mol. The van der Waals surface area contributed by atoms with Gasteiger partial charge >= 0.3 is 39.5 Å². The third kappa shape index (κ3) is 77.0. The van der Waals surface area contributed by atoms with Crippen molar-refractivity contribution < 1.29 is 80.2 Å². The van der Waals surface area contributed by atoms with Gasteiger partial charge in [-0.3, -0.25) is 37.3 Å². The van der Waals surface area contributed by atoms with Gasteiger partial charge in [-0.2, -0.15) is 0 Å². The van der Waals surface area contributed by atoms with E-state index in [2.05, 4.69) is 222 Å². The maximum Gasteiger partial charge on any atom is 0.472 e. The summed E-state index contributed by atoms with van der Waals surface area (Å²) in [5.41, 5.74) is 0. The van der Waals surface area contributed by atoms with Crippen LogP contribution in [-0.2, 0) is 65.4 Å². The molecule has 0 spiro atoms. The first kappa shape index (κ1) is 101. The largest absolute Gasteiger partial charge is 0.472 e. The number of rotatable bonds is 70. The Bertz CT molecular complexity index is 3010. The molecule has 602 valence electrons. The molecule has 17 nitrogen and oxygen atoms in total. The summed E-state index contributed by atoms with van der Waals surface area (Å²) in [6, 6.07) is 0. The van der Waals surface area contributed by atoms with Gasteiger partial charge in [-0.1, -0.05) is 277 Å². The van der Waals surface area contributed by atoms with Crippen molar-refractivity contribution in [1.29, 1.82) is 0 Å². The number of ether oxygens (including phenoxy) is 4. The highest BCUT2D eigenvalue weighted by Gasteiger charge is 2.30. The van der Waals surface area contributed by atoms with Crippen molar-refractivity contribution in [3.8, 4) is 0 Å². The highest BCUT2D eigenvalue weighted by molar-refractivity contribution is 7.47. The smallest absolute Gasteiger partial charge is 0.462 e. The first-order valence-electron chi connectivity index (χ1n) is 39.3. The van der Waals surface area contributed by atoms with Crippen LogP contribution in [0.2, 0.25) is 0 Å². The summed E-state index contributed by atoms with van der Waals surface area (Å²) >= 11 is 0. The van der Waals surface area contributed by atoms with Crippen LogP contribution >= 0.6 is 15.6 Å². The molecule has 0 radical (unpaired) electrons. The summed E-state index contributed by atoms with van der Waals surface area (Å²) in [7, 11) is -10.1. The van der Waals surface area contributed by atoms with Crippen LogP contribution in [0.25, 0.3) is 0 Å². The Morgan fingerprint density at radius 2 is 0.500 bits per heavy atom. The molecule has 0 saturated carbocycles. The monoisotopic (exact) mass is 1540 g/mol. The molecule has 0 aromatic carbocycles. The molecule has 0 aromatic rings. The summed E-state index contributed by atoms with van der Waals surface area (Å²) in [5, 5.41) is 10.6. The maximum absolute atomic E-state index is 13.1. The third-order valence-corrected chi connectivity index (χ3v) is 16.7. The molecule has 0 aromatic heterocycles. The van der Waals surface area contributed by atoms with Crippen molar-refractivity contribution in [2.24, 2.45) is 0 Å². The van der Waals surface area contributed by atoms with Gasteiger partial charge in [0, 0.05) is 19.3 Å². The first-order chi connectivity index (χ1) is 52.7. The minimum absolute atomic E-state index is 0.0106. The first-order valence-corrected chi connectivity index (χ1v) is 42.3. The predicted molar refractivity (Wildman–Crippen MR) is 444 cm³/mol. The van der Waals surface area contributed by atoms with E-state index in [1.54, 1.807) is 12.2 Å². The van der Waals surface area contributed by atoms with E-state index in [0.717, 1.165) is 141 Å². The van der Waals surface area contributed by atoms with Crippen molar-refractivity contribution >= 4 is 39.5 Å². The van der Waals surface area contributed by atoms with Gasteiger partial charge in [-0.25, -0.2) is 9.13 Å². The summed E-state index contributed by atoms with van der Waals surface area (Å²) in [6.45, 7) is 4.07. The van der Waals surface area contributed by atoms with Crippen LogP contribution in [0.15, 0.2) is 243 Å². The van der Waals surface area contributed by atoms with Crippen LogP contribution in [-0.4, -0.2) is 96.7 Å². The van der Waals surface area contributed by atoms with E-state index in [4.69, 9.17) is 37.0 Å². The average molecular weight is 1540 g/mol. The number of hydrogen-bond acceptors (Lipinski definition) is 15. The molecule has 0 aliphatic heterocycles. The van der Waals surface area contributed by atoms with Crippen LogP contribution in [0.1, 0.15) is 233 Å². The van der Waals surface area contributed by atoms with Crippen molar-refractivity contribution in [2.75, 3.05) is 39.6 Å². The number of carbonyl (C=O) groups is 4. The lowest BCUT2D eigenvalue weighted by Gasteiger charge is -2.21. The molecule has 0 rings (SSSR count). The number of hydrogen-bond donors (Lipinski definition) is 3. The van der Waals surface area contributed by atoms with Gasteiger partial charge in [0.15, 0.2) is 12.2 Å². The quantitative estimate of drug-likeness (QED) is 0.0169. The van der Waals surface area contributed by atoms with E-state index >= 15 is 0 Å². The number of carbonyl (C=O) groups excluding carboxylic acids is 4. The molecule has 0 aliphatic rings. The fraction of sp³-hybridized carbons (Fsp3) is 0.506. The van der Waals surface area contributed by atoms with Crippen molar-refractivity contribution in [3.05, 3.63) is 243 Å². The Morgan fingerprint density at radius 3 is 0.796 bits per heavy atom. The number of phosphoric ester groups is 2. The molecule has 0 bridgehead atoms. The van der Waals surface area contributed by atoms with Crippen LogP contribution in [0.4, 0.5) is 0 Å². The average Bonchev–Trinajstić information content (AvgIpc) is 0.901. The molecule has 19 heteroatoms. The second-order valence-corrected chi connectivity index (χ2v) is 27.7.